The molecular weight excluding hydrogens is 458 g/mol. The van der Waals surface area contributed by atoms with Crippen LogP contribution in [0.3, 0.4) is 0 Å². The van der Waals surface area contributed by atoms with Crippen LogP contribution in [0.2, 0.25) is 0 Å². The molecule has 1 saturated heterocycles. The van der Waals surface area contributed by atoms with Crippen LogP contribution < -0.4 is 5.32 Å². The highest BCUT2D eigenvalue weighted by molar-refractivity contribution is 7.91. The maximum atomic E-state index is 12.6. The molecule has 33 heavy (non-hydrogen) atoms. The van der Waals surface area contributed by atoms with Crippen LogP contribution in [0.5, 0.6) is 0 Å². The summed E-state index contributed by atoms with van der Waals surface area (Å²) in [6, 6.07) is 6.94. The van der Waals surface area contributed by atoms with Gasteiger partial charge in [-0.05, 0) is 12.0 Å². The van der Waals surface area contributed by atoms with Gasteiger partial charge in [-0.2, -0.15) is 0 Å². The number of benzene rings is 1. The molecule has 1 aromatic carbocycles. The van der Waals surface area contributed by atoms with Crippen molar-refractivity contribution in [3.63, 3.8) is 0 Å². The number of alkyl carbamates (subject to hydrolysis) is 1. The lowest BCUT2D eigenvalue weighted by atomic mass is 10.0. The summed E-state index contributed by atoms with van der Waals surface area (Å²) in [5.74, 6) is -3.06. The Labute approximate surface area is 192 Å². The van der Waals surface area contributed by atoms with Gasteiger partial charge in [0.15, 0.2) is 16.1 Å². The van der Waals surface area contributed by atoms with E-state index in [1.54, 1.807) is 30.3 Å². The van der Waals surface area contributed by atoms with Gasteiger partial charge in [-0.3, -0.25) is 0 Å². The minimum atomic E-state index is -4.05. The molecule has 4 N–H and O–H groups in total. The van der Waals surface area contributed by atoms with Crippen LogP contribution in [0.1, 0.15) is 31.7 Å². The number of carbonyl (C=O) groups is 2. The normalized spacial score (nSPS) is 24.1. The summed E-state index contributed by atoms with van der Waals surface area (Å²) in [7, 11) is -4.05. The highest BCUT2D eigenvalue weighted by Crippen LogP contribution is 2.23. The third-order valence-electron chi connectivity index (χ3n) is 4.95. The highest BCUT2D eigenvalue weighted by Gasteiger charge is 2.40. The number of nitrogens with one attached hydrogen (secondary N) is 1. The summed E-state index contributed by atoms with van der Waals surface area (Å²) < 4.78 is 41.1. The van der Waals surface area contributed by atoms with E-state index in [4.69, 9.17) is 14.2 Å². The van der Waals surface area contributed by atoms with E-state index in [0.717, 1.165) is 6.42 Å². The number of carboxylic acids is 1. The first-order valence-corrected chi connectivity index (χ1v) is 12.5. The third-order valence-corrected chi connectivity index (χ3v) is 6.67. The average Bonchev–Trinajstić information content (AvgIpc) is 2.75. The zero-order valence-corrected chi connectivity index (χ0v) is 19.1. The van der Waals surface area contributed by atoms with Crippen LogP contribution in [-0.2, 0) is 35.4 Å². The second-order valence-corrected chi connectivity index (χ2v) is 9.97. The third kappa shape index (κ3) is 9.26. The van der Waals surface area contributed by atoms with E-state index in [1.165, 1.54) is 0 Å². The van der Waals surface area contributed by atoms with Crippen LogP contribution in [0.15, 0.2) is 30.3 Å². The number of unbranched alkanes of at least 4 members (excludes halogenated alkanes) is 1. The number of hydrogen-bond acceptors (Lipinski definition) is 9. The van der Waals surface area contributed by atoms with Crippen molar-refractivity contribution in [1.29, 1.82) is 0 Å². The Kier molecular flexibility index (Phi) is 10.5. The molecule has 0 aromatic heterocycles. The zero-order chi connectivity index (χ0) is 24.4. The molecule has 2 rings (SSSR count). The van der Waals surface area contributed by atoms with E-state index in [-0.39, 0.29) is 19.6 Å². The molecule has 0 bridgehead atoms. The molecule has 12 heteroatoms. The lowest BCUT2D eigenvalue weighted by molar-refractivity contribution is -0.262. The van der Waals surface area contributed by atoms with Crippen molar-refractivity contribution in [2.24, 2.45) is 0 Å². The van der Waals surface area contributed by atoms with Gasteiger partial charge in [0.05, 0.1) is 23.7 Å². The molecule has 1 aromatic rings. The Hall–Kier alpha value is -2.25. The first-order chi connectivity index (χ1) is 15.6. The molecule has 0 saturated carbocycles. The van der Waals surface area contributed by atoms with Gasteiger partial charge in [-0.25, -0.2) is 18.0 Å². The van der Waals surface area contributed by atoms with Gasteiger partial charge in [-0.15, -0.1) is 0 Å². The number of rotatable bonds is 12. The van der Waals surface area contributed by atoms with Gasteiger partial charge in [0.1, 0.15) is 18.8 Å². The Bertz CT molecular complexity index is 863. The SMILES string of the molecule is CCCCOC1OC(CS(=O)(=O)CC(NC(=O)OCc2ccccc2)C(=O)O)CC(O)C1O. The summed E-state index contributed by atoms with van der Waals surface area (Å²) >= 11 is 0. The number of sulfone groups is 1. The molecule has 1 aliphatic heterocycles. The molecule has 0 spiro atoms. The van der Waals surface area contributed by atoms with Gasteiger partial charge >= 0.3 is 12.1 Å². The summed E-state index contributed by atoms with van der Waals surface area (Å²) in [6.07, 6.45) is -4.50. The number of aliphatic hydroxyl groups excluding tert-OH is 2. The molecule has 1 amide bonds. The quantitative estimate of drug-likeness (QED) is 0.302. The van der Waals surface area contributed by atoms with Gasteiger partial charge in [0, 0.05) is 13.0 Å². The average molecular weight is 490 g/mol. The maximum absolute atomic E-state index is 12.6. The van der Waals surface area contributed by atoms with E-state index in [9.17, 15) is 33.3 Å². The number of amides is 1. The fourth-order valence-electron chi connectivity index (χ4n) is 3.19. The number of ether oxygens (including phenoxy) is 3. The minimum absolute atomic E-state index is 0.110. The van der Waals surface area contributed by atoms with Gasteiger partial charge in [-0.1, -0.05) is 43.7 Å². The van der Waals surface area contributed by atoms with Crippen LogP contribution >= 0.6 is 0 Å². The standard InChI is InChI=1S/C21H31NO10S/c1-2-3-9-30-20-18(24)17(23)10-15(32-20)12-33(28,29)13-16(19(25)26)22-21(27)31-11-14-7-5-4-6-8-14/h4-8,15-18,20,23-24H,2-3,9-13H2,1H3,(H,22,27)(H,25,26). The van der Waals surface area contributed by atoms with Crippen molar-refractivity contribution in [2.45, 2.75) is 63.4 Å². The number of carbonyl (C=O) groups excluding carboxylic acids is 1. The lowest BCUT2D eigenvalue weighted by Gasteiger charge is -2.36. The number of aliphatic hydroxyl groups is 2. The predicted octanol–water partition coefficient (Wildman–Crippen LogP) is 0.434. The highest BCUT2D eigenvalue weighted by atomic mass is 32.2. The van der Waals surface area contributed by atoms with Crippen molar-refractivity contribution in [1.82, 2.24) is 5.32 Å². The minimum Gasteiger partial charge on any atom is -0.480 e. The largest absolute Gasteiger partial charge is 0.480 e. The number of carboxylic acid groups (broad SMARTS) is 1. The van der Waals surface area contributed by atoms with Crippen molar-refractivity contribution in [3.8, 4) is 0 Å². The van der Waals surface area contributed by atoms with E-state index >= 15 is 0 Å². The molecule has 186 valence electrons. The molecule has 1 heterocycles. The van der Waals surface area contributed by atoms with Crippen LogP contribution in [0.25, 0.3) is 0 Å². The number of hydrogen-bond donors (Lipinski definition) is 4. The molecule has 11 nitrogen and oxygen atoms in total. The summed E-state index contributed by atoms with van der Waals surface area (Å²) in [5.41, 5.74) is 0.679. The van der Waals surface area contributed by atoms with E-state index < -0.39 is 64.0 Å². The molecule has 1 fully saturated rings. The van der Waals surface area contributed by atoms with Gasteiger partial charge in [0.2, 0.25) is 0 Å². The first-order valence-electron chi connectivity index (χ1n) is 10.6. The molecule has 1 aliphatic rings. The predicted molar refractivity (Wildman–Crippen MR) is 116 cm³/mol. The maximum Gasteiger partial charge on any atom is 0.408 e. The molecule has 0 radical (unpaired) electrons. The lowest BCUT2D eigenvalue weighted by Crippen LogP contribution is -2.52. The van der Waals surface area contributed by atoms with Gasteiger partial charge in [0.25, 0.3) is 0 Å². The van der Waals surface area contributed by atoms with Crippen LogP contribution in [0, 0.1) is 0 Å². The Morgan fingerprint density at radius 2 is 1.94 bits per heavy atom. The van der Waals surface area contributed by atoms with E-state index in [0.29, 0.717) is 12.0 Å². The van der Waals surface area contributed by atoms with Crippen LogP contribution in [0.4, 0.5) is 4.79 Å². The van der Waals surface area contributed by atoms with Crippen molar-refractivity contribution in [2.75, 3.05) is 18.1 Å². The fourth-order valence-corrected chi connectivity index (χ4v) is 4.84. The number of aliphatic carboxylic acids is 1. The second-order valence-electron chi connectivity index (χ2n) is 7.82. The first kappa shape index (κ1) is 27.0. The Balaban J connectivity index is 1.92. The molecule has 5 unspecified atom stereocenters. The van der Waals surface area contributed by atoms with E-state index in [2.05, 4.69) is 0 Å². The van der Waals surface area contributed by atoms with Gasteiger partial charge < -0.3 is 34.8 Å². The topological polar surface area (TPSA) is 169 Å². The smallest absolute Gasteiger partial charge is 0.408 e. The molecule has 0 aliphatic carbocycles. The fraction of sp³-hybridized carbons (Fsp3) is 0.619. The van der Waals surface area contributed by atoms with E-state index in [1.807, 2.05) is 12.2 Å². The summed E-state index contributed by atoms with van der Waals surface area (Å²) in [4.78, 5) is 23.5. The Morgan fingerprint density at radius 3 is 2.58 bits per heavy atom. The van der Waals surface area contributed by atoms with Crippen LogP contribution in [-0.4, -0.2) is 84.6 Å². The van der Waals surface area contributed by atoms with Crippen molar-refractivity contribution in [3.05, 3.63) is 35.9 Å². The van der Waals surface area contributed by atoms with Crippen molar-refractivity contribution >= 4 is 21.9 Å². The van der Waals surface area contributed by atoms with Crippen molar-refractivity contribution < 1.29 is 47.5 Å². The summed E-state index contributed by atoms with van der Waals surface area (Å²) in [6.45, 7) is 2.10. The molecular formula is C21H31NO10S. The monoisotopic (exact) mass is 489 g/mol. The summed E-state index contributed by atoms with van der Waals surface area (Å²) in [5, 5.41) is 31.5. The molecule has 5 atom stereocenters. The second kappa shape index (κ2) is 12.8. The Morgan fingerprint density at radius 1 is 1.24 bits per heavy atom. The zero-order valence-electron chi connectivity index (χ0n) is 18.3.